The van der Waals surface area contributed by atoms with Crippen molar-refractivity contribution < 1.29 is 4.79 Å². The number of piperazine rings is 1. The number of anilines is 3. The second kappa shape index (κ2) is 8.59. The van der Waals surface area contributed by atoms with E-state index in [0.29, 0.717) is 11.8 Å². The SMILES string of the molecule is Cc1cc(Nc2ccccc2)nc(N2CCN(C(=O)CC3CCCC3)CC2)n1. The van der Waals surface area contributed by atoms with Gasteiger partial charge < -0.3 is 15.1 Å². The molecule has 2 heterocycles. The Morgan fingerprint density at radius 2 is 1.79 bits per heavy atom. The van der Waals surface area contributed by atoms with Gasteiger partial charge in [-0.05, 0) is 37.8 Å². The number of carbonyl (C=O) groups is 1. The summed E-state index contributed by atoms with van der Waals surface area (Å²) in [6.07, 6.45) is 5.75. The molecule has 6 heteroatoms. The van der Waals surface area contributed by atoms with E-state index in [-0.39, 0.29) is 0 Å². The first-order chi connectivity index (χ1) is 13.7. The predicted octanol–water partition coefficient (Wildman–Crippen LogP) is 3.76. The molecule has 28 heavy (non-hydrogen) atoms. The average molecular weight is 380 g/mol. The molecule has 0 atom stereocenters. The zero-order valence-corrected chi connectivity index (χ0v) is 16.6. The molecule has 4 rings (SSSR count). The first-order valence-corrected chi connectivity index (χ1v) is 10.4. The average Bonchev–Trinajstić information content (AvgIpc) is 3.21. The molecule has 1 aromatic carbocycles. The highest BCUT2D eigenvalue weighted by molar-refractivity contribution is 5.76. The molecule has 1 N–H and O–H groups in total. The summed E-state index contributed by atoms with van der Waals surface area (Å²) in [4.78, 5) is 26.1. The van der Waals surface area contributed by atoms with Crippen LogP contribution in [0.2, 0.25) is 0 Å². The molecule has 0 bridgehead atoms. The Bertz CT molecular complexity index is 796. The second-order valence-corrected chi connectivity index (χ2v) is 7.91. The molecule has 0 spiro atoms. The fourth-order valence-electron chi connectivity index (χ4n) is 4.17. The number of hydrogen-bond acceptors (Lipinski definition) is 5. The van der Waals surface area contributed by atoms with Crippen LogP contribution in [0, 0.1) is 12.8 Å². The highest BCUT2D eigenvalue weighted by Crippen LogP contribution is 2.28. The van der Waals surface area contributed by atoms with Gasteiger partial charge in [-0.3, -0.25) is 4.79 Å². The monoisotopic (exact) mass is 379 g/mol. The number of nitrogens with zero attached hydrogens (tertiary/aromatic N) is 4. The first kappa shape index (κ1) is 18.7. The van der Waals surface area contributed by atoms with Gasteiger partial charge >= 0.3 is 0 Å². The molecule has 0 unspecified atom stereocenters. The largest absolute Gasteiger partial charge is 0.340 e. The maximum atomic E-state index is 12.6. The van der Waals surface area contributed by atoms with Crippen molar-refractivity contribution in [3.05, 3.63) is 42.1 Å². The molecule has 1 amide bonds. The maximum absolute atomic E-state index is 12.6. The van der Waals surface area contributed by atoms with Crippen LogP contribution in [0.3, 0.4) is 0 Å². The van der Waals surface area contributed by atoms with Crippen molar-refractivity contribution in [3.63, 3.8) is 0 Å². The van der Waals surface area contributed by atoms with Gasteiger partial charge in [0.05, 0.1) is 0 Å². The Hall–Kier alpha value is -2.63. The summed E-state index contributed by atoms with van der Waals surface area (Å²) < 4.78 is 0. The van der Waals surface area contributed by atoms with Crippen LogP contribution < -0.4 is 10.2 Å². The third-order valence-electron chi connectivity index (χ3n) is 5.74. The van der Waals surface area contributed by atoms with Crippen molar-refractivity contribution in [1.29, 1.82) is 0 Å². The van der Waals surface area contributed by atoms with Crippen molar-refractivity contribution in [2.45, 2.75) is 39.0 Å². The molecule has 1 saturated carbocycles. The molecule has 148 valence electrons. The molecule has 2 aliphatic rings. The second-order valence-electron chi connectivity index (χ2n) is 7.91. The van der Waals surface area contributed by atoms with Gasteiger partial charge in [0.15, 0.2) is 0 Å². The molecule has 6 nitrogen and oxygen atoms in total. The normalized spacial score (nSPS) is 17.8. The van der Waals surface area contributed by atoms with Crippen LogP contribution in [0.15, 0.2) is 36.4 Å². The Labute approximate surface area is 167 Å². The first-order valence-electron chi connectivity index (χ1n) is 10.4. The third kappa shape index (κ3) is 4.61. The van der Waals surface area contributed by atoms with Gasteiger partial charge in [-0.25, -0.2) is 4.98 Å². The van der Waals surface area contributed by atoms with Crippen LogP contribution in [0.1, 0.15) is 37.8 Å². The van der Waals surface area contributed by atoms with E-state index in [0.717, 1.165) is 55.7 Å². The minimum Gasteiger partial charge on any atom is -0.340 e. The molecule has 1 aliphatic carbocycles. The fourth-order valence-corrected chi connectivity index (χ4v) is 4.17. The van der Waals surface area contributed by atoms with Crippen molar-refractivity contribution in [2.75, 3.05) is 36.4 Å². The summed E-state index contributed by atoms with van der Waals surface area (Å²) >= 11 is 0. The van der Waals surface area contributed by atoms with Crippen molar-refractivity contribution in [2.24, 2.45) is 5.92 Å². The van der Waals surface area contributed by atoms with Crippen LogP contribution in [-0.4, -0.2) is 47.0 Å². The minimum absolute atomic E-state index is 0.322. The van der Waals surface area contributed by atoms with Gasteiger partial charge in [0.2, 0.25) is 11.9 Å². The number of amides is 1. The molecular formula is C22H29N5O. The van der Waals surface area contributed by atoms with Gasteiger partial charge in [0.25, 0.3) is 0 Å². The number of rotatable bonds is 5. The van der Waals surface area contributed by atoms with E-state index in [1.807, 2.05) is 48.2 Å². The summed E-state index contributed by atoms with van der Waals surface area (Å²) in [6, 6.07) is 12.0. The van der Waals surface area contributed by atoms with E-state index in [1.165, 1.54) is 25.7 Å². The number of aryl methyl sites for hydroxylation is 1. The summed E-state index contributed by atoms with van der Waals surface area (Å²) in [7, 11) is 0. The molecule has 1 aromatic heterocycles. The molecule has 0 radical (unpaired) electrons. The fraction of sp³-hybridized carbons (Fsp3) is 0.500. The lowest BCUT2D eigenvalue weighted by Gasteiger charge is -2.35. The summed E-state index contributed by atoms with van der Waals surface area (Å²) in [5, 5.41) is 3.35. The van der Waals surface area contributed by atoms with E-state index in [2.05, 4.69) is 15.2 Å². The Kier molecular flexibility index (Phi) is 5.74. The van der Waals surface area contributed by atoms with E-state index in [9.17, 15) is 4.79 Å². The summed E-state index contributed by atoms with van der Waals surface area (Å²) in [6.45, 7) is 5.06. The van der Waals surface area contributed by atoms with Gasteiger partial charge in [0, 0.05) is 50.0 Å². The quantitative estimate of drug-likeness (QED) is 0.857. The van der Waals surface area contributed by atoms with Crippen LogP contribution in [0.25, 0.3) is 0 Å². The number of hydrogen-bond donors (Lipinski definition) is 1. The van der Waals surface area contributed by atoms with Crippen molar-refractivity contribution >= 4 is 23.4 Å². The van der Waals surface area contributed by atoms with E-state index >= 15 is 0 Å². The molecule has 1 aliphatic heterocycles. The van der Waals surface area contributed by atoms with Gasteiger partial charge in [-0.2, -0.15) is 4.98 Å². The predicted molar refractivity (Wildman–Crippen MR) is 112 cm³/mol. The van der Waals surface area contributed by atoms with Gasteiger partial charge in [-0.15, -0.1) is 0 Å². The number of aromatic nitrogens is 2. The Morgan fingerprint density at radius 1 is 1.07 bits per heavy atom. The summed E-state index contributed by atoms with van der Waals surface area (Å²) in [5.74, 6) is 2.47. The van der Waals surface area contributed by atoms with E-state index in [1.54, 1.807) is 0 Å². The Morgan fingerprint density at radius 3 is 2.50 bits per heavy atom. The number of benzene rings is 1. The van der Waals surface area contributed by atoms with Gasteiger partial charge in [-0.1, -0.05) is 31.0 Å². The number of carbonyl (C=O) groups excluding carboxylic acids is 1. The minimum atomic E-state index is 0.322. The van der Waals surface area contributed by atoms with Crippen molar-refractivity contribution in [3.8, 4) is 0 Å². The van der Waals surface area contributed by atoms with Crippen LogP contribution in [0.4, 0.5) is 17.5 Å². The van der Waals surface area contributed by atoms with Gasteiger partial charge in [0.1, 0.15) is 5.82 Å². The van der Waals surface area contributed by atoms with E-state index < -0.39 is 0 Å². The molecule has 2 aromatic rings. The lowest BCUT2D eigenvalue weighted by molar-refractivity contribution is -0.132. The zero-order valence-electron chi connectivity index (χ0n) is 16.6. The Balaban J connectivity index is 1.36. The standard InChI is InChI=1S/C22H29N5O/c1-17-15-20(24-19-9-3-2-4-10-19)25-22(23-17)27-13-11-26(12-14-27)21(28)16-18-7-5-6-8-18/h2-4,9-10,15,18H,5-8,11-14,16H2,1H3,(H,23,24,25). The smallest absolute Gasteiger partial charge is 0.227 e. The highest BCUT2D eigenvalue weighted by Gasteiger charge is 2.26. The number of para-hydroxylation sites is 1. The zero-order chi connectivity index (χ0) is 19.3. The molecule has 2 fully saturated rings. The molecule has 1 saturated heterocycles. The van der Waals surface area contributed by atoms with E-state index in [4.69, 9.17) is 4.98 Å². The summed E-state index contributed by atoms with van der Waals surface area (Å²) in [5.41, 5.74) is 1.94. The lowest BCUT2D eigenvalue weighted by atomic mass is 10.0. The number of nitrogens with one attached hydrogen (secondary N) is 1. The van der Waals surface area contributed by atoms with Crippen LogP contribution >= 0.6 is 0 Å². The van der Waals surface area contributed by atoms with Crippen LogP contribution in [-0.2, 0) is 4.79 Å². The molecular weight excluding hydrogens is 350 g/mol. The maximum Gasteiger partial charge on any atom is 0.227 e. The van der Waals surface area contributed by atoms with Crippen LogP contribution in [0.5, 0.6) is 0 Å². The van der Waals surface area contributed by atoms with Crippen molar-refractivity contribution in [1.82, 2.24) is 14.9 Å². The lowest BCUT2D eigenvalue weighted by Crippen LogP contribution is -2.49. The third-order valence-corrected chi connectivity index (χ3v) is 5.74. The highest BCUT2D eigenvalue weighted by atomic mass is 16.2. The topological polar surface area (TPSA) is 61.4 Å².